The summed E-state index contributed by atoms with van der Waals surface area (Å²) < 4.78 is 0. The molecule has 1 aromatic rings. The van der Waals surface area contributed by atoms with E-state index in [1.807, 2.05) is 0 Å². The van der Waals surface area contributed by atoms with Crippen molar-refractivity contribution >= 4 is 13.2 Å². The molecule has 0 spiro atoms. The number of aromatic hydroxyl groups is 2. The summed E-state index contributed by atoms with van der Waals surface area (Å²) in [4.78, 5) is 10.8. The summed E-state index contributed by atoms with van der Waals surface area (Å²) in [6, 6.07) is 3.06. The lowest BCUT2D eigenvalue weighted by molar-refractivity contribution is -0.138. The molecule has 0 bridgehead atoms. The summed E-state index contributed by atoms with van der Waals surface area (Å²) in [5, 5.41) is 27.3. The zero-order valence-corrected chi connectivity index (χ0v) is 8.79. The molecule has 5 N–H and O–H groups in total. The highest BCUT2D eigenvalue weighted by Gasteiger charge is 2.25. The van der Waals surface area contributed by atoms with Gasteiger partial charge in [0.2, 0.25) is 0 Å². The number of nitrogens with two attached hydrogens (primary N) is 1. The van der Waals surface area contributed by atoms with Crippen LogP contribution in [0.1, 0.15) is 11.4 Å². The van der Waals surface area contributed by atoms with Crippen LogP contribution in [0.25, 0.3) is 0 Å². The highest BCUT2D eigenvalue weighted by atomic mass is 16.4. The highest BCUT2D eigenvalue weighted by Crippen LogP contribution is 2.29. The topological polar surface area (TPSA) is 104 Å². The molecule has 0 fully saturated rings. The van der Waals surface area contributed by atoms with Crippen molar-refractivity contribution in [1.29, 1.82) is 0 Å². The Morgan fingerprint density at radius 1 is 1.38 bits per heavy atom. The Hall–Kier alpha value is -1.69. The minimum absolute atomic E-state index is 0.248. The van der Waals surface area contributed by atoms with Crippen LogP contribution >= 0.6 is 0 Å². The summed E-state index contributed by atoms with van der Waals surface area (Å²) in [5.74, 6) is -2.16. The van der Waals surface area contributed by atoms with E-state index in [0.717, 1.165) is 0 Å². The largest absolute Gasteiger partial charge is 0.504 e. The van der Waals surface area contributed by atoms with Crippen LogP contribution in [0.2, 0.25) is 6.82 Å². The van der Waals surface area contributed by atoms with Gasteiger partial charge in [0.1, 0.15) is 13.3 Å². The van der Waals surface area contributed by atoms with Crippen molar-refractivity contribution in [2.75, 3.05) is 0 Å². The Bertz CT molecular complexity index is 396. The molecule has 1 radical (unpaired) electrons. The number of benzene rings is 1. The average molecular weight is 222 g/mol. The van der Waals surface area contributed by atoms with Gasteiger partial charge in [-0.05, 0) is 23.5 Å². The average Bonchev–Trinajstić information content (AvgIpc) is 2.24. The third-order valence-electron chi connectivity index (χ3n) is 2.42. The van der Waals surface area contributed by atoms with Crippen molar-refractivity contribution < 1.29 is 20.1 Å². The molecule has 85 valence electrons. The second-order valence-electron chi connectivity index (χ2n) is 3.47. The second-order valence-corrected chi connectivity index (χ2v) is 3.47. The fourth-order valence-corrected chi connectivity index (χ4v) is 1.51. The van der Waals surface area contributed by atoms with Crippen molar-refractivity contribution in [3.05, 3.63) is 23.8 Å². The third-order valence-corrected chi connectivity index (χ3v) is 2.42. The van der Waals surface area contributed by atoms with Crippen molar-refractivity contribution in [1.82, 2.24) is 0 Å². The van der Waals surface area contributed by atoms with Crippen LogP contribution in [-0.2, 0) is 4.79 Å². The molecule has 6 heteroatoms. The number of aliphatic carboxylic acids is 1. The maximum Gasteiger partial charge on any atom is 0.320 e. The predicted molar refractivity (Wildman–Crippen MR) is 59.7 cm³/mol. The van der Waals surface area contributed by atoms with Gasteiger partial charge in [-0.3, -0.25) is 4.79 Å². The van der Waals surface area contributed by atoms with Crippen LogP contribution in [-0.4, -0.2) is 34.6 Å². The van der Waals surface area contributed by atoms with Crippen molar-refractivity contribution in [2.45, 2.75) is 18.7 Å². The Morgan fingerprint density at radius 2 is 2.00 bits per heavy atom. The van der Waals surface area contributed by atoms with E-state index in [2.05, 4.69) is 0 Å². The standard InChI is InChI=1S/C10H13BNO4/c1-11-8(9(12)10(15)16)5-2-3-6(13)7(14)4-5/h2-4,8-9,13-14H,12H2,1H3,(H,15,16). The molecule has 0 heterocycles. The SMILES string of the molecule is C[B]C(c1ccc(O)c(O)c1)C(N)C(=O)O. The van der Waals surface area contributed by atoms with E-state index in [4.69, 9.17) is 15.9 Å². The van der Waals surface area contributed by atoms with Crippen LogP contribution in [0.5, 0.6) is 11.5 Å². The number of carboxylic acids is 1. The van der Waals surface area contributed by atoms with Gasteiger partial charge in [0, 0.05) is 0 Å². The Labute approximate surface area is 93.8 Å². The zero-order valence-electron chi connectivity index (χ0n) is 8.79. The summed E-state index contributed by atoms with van der Waals surface area (Å²) in [6.07, 6.45) is 0. The lowest BCUT2D eigenvalue weighted by Gasteiger charge is -2.19. The Kier molecular flexibility index (Phi) is 3.79. The first kappa shape index (κ1) is 12.4. The molecule has 1 aromatic carbocycles. The number of hydrogen-bond acceptors (Lipinski definition) is 4. The number of phenolic OH excluding ortho intramolecular Hbond substituents is 2. The fourth-order valence-electron chi connectivity index (χ4n) is 1.51. The van der Waals surface area contributed by atoms with E-state index in [-0.39, 0.29) is 11.5 Å². The molecule has 0 aliphatic carbocycles. The lowest BCUT2D eigenvalue weighted by atomic mass is 9.60. The first-order chi connectivity index (χ1) is 7.47. The number of carbonyl (C=O) groups is 1. The monoisotopic (exact) mass is 222 g/mol. The molecule has 5 nitrogen and oxygen atoms in total. The summed E-state index contributed by atoms with van der Waals surface area (Å²) >= 11 is 0. The molecule has 2 unspecified atom stereocenters. The molecule has 0 saturated heterocycles. The number of hydrogen-bond donors (Lipinski definition) is 4. The lowest BCUT2D eigenvalue weighted by Crippen LogP contribution is -2.38. The first-order valence-electron chi connectivity index (χ1n) is 4.77. The van der Waals surface area contributed by atoms with Crippen LogP contribution in [0.4, 0.5) is 0 Å². The summed E-state index contributed by atoms with van der Waals surface area (Å²) in [5.41, 5.74) is 6.07. The van der Waals surface area contributed by atoms with Gasteiger partial charge in [-0.1, -0.05) is 12.9 Å². The van der Waals surface area contributed by atoms with Crippen molar-refractivity contribution in [3.8, 4) is 11.5 Å². The van der Waals surface area contributed by atoms with E-state index < -0.39 is 17.8 Å². The smallest absolute Gasteiger partial charge is 0.320 e. The molecule has 0 amide bonds. The zero-order chi connectivity index (χ0) is 12.3. The van der Waals surface area contributed by atoms with E-state index in [1.54, 1.807) is 14.1 Å². The molecule has 2 atom stereocenters. The van der Waals surface area contributed by atoms with Crippen LogP contribution in [0, 0.1) is 0 Å². The van der Waals surface area contributed by atoms with Gasteiger partial charge in [-0.2, -0.15) is 0 Å². The summed E-state index contributed by atoms with van der Waals surface area (Å²) in [6.45, 7) is 1.69. The maximum absolute atomic E-state index is 10.8. The normalized spacial score (nSPS) is 14.1. The van der Waals surface area contributed by atoms with Gasteiger partial charge in [0.15, 0.2) is 11.5 Å². The highest BCUT2D eigenvalue weighted by molar-refractivity contribution is 6.37. The summed E-state index contributed by atoms with van der Waals surface area (Å²) in [7, 11) is 1.64. The van der Waals surface area contributed by atoms with Gasteiger partial charge in [0.05, 0.1) is 0 Å². The van der Waals surface area contributed by atoms with E-state index in [9.17, 15) is 9.90 Å². The molecule has 0 aliphatic rings. The molecule has 0 saturated carbocycles. The van der Waals surface area contributed by atoms with E-state index >= 15 is 0 Å². The minimum Gasteiger partial charge on any atom is -0.504 e. The molecule has 1 rings (SSSR count). The third kappa shape index (κ3) is 2.46. The Balaban J connectivity index is 3.04. The molecular formula is C10H13BNO4. The second kappa shape index (κ2) is 4.89. The van der Waals surface area contributed by atoms with Gasteiger partial charge >= 0.3 is 5.97 Å². The van der Waals surface area contributed by atoms with Gasteiger partial charge in [-0.15, -0.1) is 0 Å². The van der Waals surface area contributed by atoms with Gasteiger partial charge in [0.25, 0.3) is 0 Å². The maximum atomic E-state index is 10.8. The number of phenols is 2. The van der Waals surface area contributed by atoms with Gasteiger partial charge < -0.3 is 21.1 Å². The van der Waals surface area contributed by atoms with Crippen molar-refractivity contribution in [2.24, 2.45) is 5.73 Å². The van der Waals surface area contributed by atoms with E-state index in [0.29, 0.717) is 5.56 Å². The van der Waals surface area contributed by atoms with Gasteiger partial charge in [-0.25, -0.2) is 0 Å². The molecule has 0 aliphatic heterocycles. The van der Waals surface area contributed by atoms with E-state index in [1.165, 1.54) is 18.2 Å². The first-order valence-corrected chi connectivity index (χ1v) is 4.77. The molecule has 16 heavy (non-hydrogen) atoms. The quantitative estimate of drug-likeness (QED) is 0.433. The fraction of sp³-hybridized carbons (Fsp3) is 0.300. The van der Waals surface area contributed by atoms with Crippen molar-refractivity contribution in [3.63, 3.8) is 0 Å². The Morgan fingerprint density at radius 3 is 2.44 bits per heavy atom. The minimum atomic E-state index is -1.12. The van der Waals surface area contributed by atoms with Crippen LogP contribution < -0.4 is 5.73 Å². The van der Waals surface area contributed by atoms with Crippen LogP contribution in [0.3, 0.4) is 0 Å². The predicted octanol–water partition coefficient (Wildman–Crippen LogP) is 0.303. The molecular weight excluding hydrogens is 209 g/mol. The number of rotatable bonds is 4. The van der Waals surface area contributed by atoms with Crippen LogP contribution in [0.15, 0.2) is 18.2 Å². The number of carboxylic acid groups (broad SMARTS) is 1. The molecule has 0 aromatic heterocycles.